The molecule has 0 radical (unpaired) electrons. The summed E-state index contributed by atoms with van der Waals surface area (Å²) in [6.07, 6.45) is 3.06. The van der Waals surface area contributed by atoms with Gasteiger partial charge in [0.2, 0.25) is 0 Å². The van der Waals surface area contributed by atoms with Gasteiger partial charge in [-0.25, -0.2) is 4.98 Å². The molecule has 0 unspecified atom stereocenters. The Bertz CT molecular complexity index is 885. The molecule has 7 heteroatoms. The number of nitrogens with zero attached hydrogens (tertiary/aromatic N) is 2. The molecule has 0 spiro atoms. The number of methoxy groups -OCH3 is 2. The van der Waals surface area contributed by atoms with Crippen molar-refractivity contribution in [2.45, 2.75) is 19.4 Å². The first kappa shape index (κ1) is 17.3. The average Bonchev–Trinajstić information content (AvgIpc) is 3.22. The first-order chi connectivity index (χ1) is 12.1. The van der Waals surface area contributed by atoms with E-state index in [0.717, 1.165) is 22.1 Å². The summed E-state index contributed by atoms with van der Waals surface area (Å²) in [6.45, 7) is 0.688. The van der Waals surface area contributed by atoms with Crippen LogP contribution in [-0.2, 0) is 29.5 Å². The van der Waals surface area contributed by atoms with E-state index < -0.39 is 0 Å². The van der Waals surface area contributed by atoms with Crippen molar-refractivity contribution in [1.82, 2.24) is 9.55 Å². The van der Waals surface area contributed by atoms with Gasteiger partial charge in [0.05, 0.1) is 31.9 Å². The SMILES string of the molecule is COC(=O)CCc1csc(NCc2cn(C)c3cc(OC)ccc23)n1. The van der Waals surface area contributed by atoms with Crippen LogP contribution in [0.25, 0.3) is 10.9 Å². The average molecular weight is 359 g/mol. The van der Waals surface area contributed by atoms with Crippen LogP contribution in [-0.4, -0.2) is 29.7 Å². The van der Waals surface area contributed by atoms with Crippen molar-refractivity contribution in [3.05, 3.63) is 41.0 Å². The van der Waals surface area contributed by atoms with Gasteiger partial charge in [-0.15, -0.1) is 11.3 Å². The van der Waals surface area contributed by atoms with Crippen LogP contribution in [0, 0.1) is 0 Å². The lowest BCUT2D eigenvalue weighted by Crippen LogP contribution is -2.02. The Morgan fingerprint density at radius 2 is 2.20 bits per heavy atom. The number of carbonyl (C=O) groups is 1. The molecular weight excluding hydrogens is 338 g/mol. The molecule has 3 rings (SSSR count). The number of hydrogen-bond acceptors (Lipinski definition) is 6. The Morgan fingerprint density at radius 3 is 2.96 bits per heavy atom. The zero-order chi connectivity index (χ0) is 17.8. The van der Waals surface area contributed by atoms with Crippen molar-refractivity contribution in [3.8, 4) is 5.75 Å². The molecule has 0 aliphatic carbocycles. The highest BCUT2D eigenvalue weighted by atomic mass is 32.1. The summed E-state index contributed by atoms with van der Waals surface area (Å²) in [7, 11) is 5.10. The van der Waals surface area contributed by atoms with E-state index in [2.05, 4.69) is 31.9 Å². The topological polar surface area (TPSA) is 65.4 Å². The Kier molecular flexibility index (Phi) is 5.23. The molecule has 2 heterocycles. The van der Waals surface area contributed by atoms with Crippen LogP contribution in [0.4, 0.5) is 5.13 Å². The van der Waals surface area contributed by atoms with Gasteiger partial charge in [0, 0.05) is 43.0 Å². The molecule has 6 nitrogen and oxygen atoms in total. The Hall–Kier alpha value is -2.54. The molecule has 0 atom stereocenters. The molecule has 0 saturated carbocycles. The van der Waals surface area contributed by atoms with Gasteiger partial charge in [0.25, 0.3) is 0 Å². The number of nitrogens with one attached hydrogen (secondary N) is 1. The lowest BCUT2D eigenvalue weighted by molar-refractivity contribution is -0.140. The first-order valence-electron chi connectivity index (χ1n) is 7.97. The van der Waals surface area contributed by atoms with E-state index in [4.69, 9.17) is 4.74 Å². The van der Waals surface area contributed by atoms with Crippen LogP contribution >= 0.6 is 11.3 Å². The number of hydrogen-bond donors (Lipinski definition) is 1. The summed E-state index contributed by atoms with van der Waals surface area (Å²) in [6, 6.07) is 6.09. The summed E-state index contributed by atoms with van der Waals surface area (Å²) in [5, 5.41) is 7.38. The monoisotopic (exact) mass is 359 g/mol. The molecular formula is C18H21N3O3S. The number of anilines is 1. The maximum atomic E-state index is 11.2. The van der Waals surface area contributed by atoms with Crippen molar-refractivity contribution >= 4 is 33.3 Å². The fourth-order valence-corrected chi connectivity index (χ4v) is 3.47. The molecule has 0 amide bonds. The van der Waals surface area contributed by atoms with E-state index in [1.807, 2.05) is 24.6 Å². The Balaban J connectivity index is 1.67. The number of ether oxygens (including phenoxy) is 2. The second-order valence-electron chi connectivity index (χ2n) is 5.72. The van der Waals surface area contributed by atoms with Gasteiger partial charge >= 0.3 is 5.97 Å². The van der Waals surface area contributed by atoms with Gasteiger partial charge in [-0.2, -0.15) is 0 Å². The molecule has 1 N–H and O–H groups in total. The minimum Gasteiger partial charge on any atom is -0.497 e. The molecule has 132 valence electrons. The van der Waals surface area contributed by atoms with Crippen molar-refractivity contribution in [2.24, 2.45) is 7.05 Å². The van der Waals surface area contributed by atoms with Crippen LogP contribution in [0.15, 0.2) is 29.8 Å². The summed E-state index contributed by atoms with van der Waals surface area (Å²) in [4.78, 5) is 15.7. The first-order valence-corrected chi connectivity index (χ1v) is 8.85. The van der Waals surface area contributed by atoms with Gasteiger partial charge in [-0.05, 0) is 17.7 Å². The maximum Gasteiger partial charge on any atom is 0.305 e. The molecule has 0 fully saturated rings. The summed E-state index contributed by atoms with van der Waals surface area (Å²) in [5.41, 5.74) is 3.24. The maximum absolute atomic E-state index is 11.2. The van der Waals surface area contributed by atoms with Gasteiger partial charge in [0.1, 0.15) is 5.75 Å². The third-order valence-corrected chi connectivity index (χ3v) is 4.92. The molecule has 25 heavy (non-hydrogen) atoms. The number of carbonyl (C=O) groups excluding carboxylic acids is 1. The molecule has 0 saturated heterocycles. The minimum atomic E-state index is -0.214. The number of aromatic nitrogens is 2. The van der Waals surface area contributed by atoms with Crippen LogP contribution in [0.1, 0.15) is 17.7 Å². The highest BCUT2D eigenvalue weighted by Gasteiger charge is 2.09. The third kappa shape index (κ3) is 3.93. The van der Waals surface area contributed by atoms with Crippen molar-refractivity contribution in [1.29, 1.82) is 0 Å². The van der Waals surface area contributed by atoms with Crippen molar-refractivity contribution < 1.29 is 14.3 Å². The second kappa shape index (κ2) is 7.57. The van der Waals surface area contributed by atoms with Gasteiger partial charge in [-0.3, -0.25) is 4.79 Å². The van der Waals surface area contributed by atoms with E-state index in [1.165, 1.54) is 18.1 Å². The lowest BCUT2D eigenvalue weighted by atomic mass is 10.1. The molecule has 3 aromatic rings. The van der Waals surface area contributed by atoms with Crippen LogP contribution < -0.4 is 10.1 Å². The number of fused-ring (bicyclic) bond motifs is 1. The van der Waals surface area contributed by atoms with Crippen LogP contribution in [0.3, 0.4) is 0 Å². The summed E-state index contributed by atoms with van der Waals surface area (Å²) >= 11 is 1.55. The Labute approximate surface area is 150 Å². The van der Waals surface area contributed by atoms with E-state index in [1.54, 1.807) is 18.4 Å². The molecule has 0 bridgehead atoms. The highest BCUT2D eigenvalue weighted by Crippen LogP contribution is 2.26. The summed E-state index contributed by atoms with van der Waals surface area (Å²) < 4.78 is 12.0. The van der Waals surface area contributed by atoms with E-state index in [9.17, 15) is 4.79 Å². The second-order valence-corrected chi connectivity index (χ2v) is 6.58. The predicted molar refractivity (Wildman–Crippen MR) is 99.2 cm³/mol. The molecule has 0 aliphatic heterocycles. The van der Waals surface area contributed by atoms with E-state index >= 15 is 0 Å². The zero-order valence-corrected chi connectivity index (χ0v) is 15.4. The van der Waals surface area contributed by atoms with E-state index in [-0.39, 0.29) is 5.97 Å². The quantitative estimate of drug-likeness (QED) is 0.655. The lowest BCUT2D eigenvalue weighted by Gasteiger charge is -2.03. The minimum absolute atomic E-state index is 0.214. The Morgan fingerprint density at radius 1 is 1.36 bits per heavy atom. The van der Waals surface area contributed by atoms with Gasteiger partial charge < -0.3 is 19.4 Å². The van der Waals surface area contributed by atoms with E-state index in [0.29, 0.717) is 19.4 Å². The number of rotatable bonds is 7. The zero-order valence-electron chi connectivity index (χ0n) is 14.5. The largest absolute Gasteiger partial charge is 0.497 e. The van der Waals surface area contributed by atoms with Crippen molar-refractivity contribution in [2.75, 3.05) is 19.5 Å². The molecule has 0 aliphatic rings. The normalized spacial score (nSPS) is 10.8. The fourth-order valence-electron chi connectivity index (χ4n) is 2.72. The number of aryl methyl sites for hydroxylation is 2. The van der Waals surface area contributed by atoms with Crippen molar-refractivity contribution in [3.63, 3.8) is 0 Å². The highest BCUT2D eigenvalue weighted by molar-refractivity contribution is 7.13. The van der Waals surface area contributed by atoms with Gasteiger partial charge in [-0.1, -0.05) is 0 Å². The number of thiazole rings is 1. The summed E-state index contributed by atoms with van der Waals surface area (Å²) in [5.74, 6) is 0.636. The number of benzene rings is 1. The van der Waals surface area contributed by atoms with Crippen LogP contribution in [0.5, 0.6) is 5.75 Å². The van der Waals surface area contributed by atoms with Crippen LogP contribution in [0.2, 0.25) is 0 Å². The standard InChI is InChI=1S/C18H21N3O3S/c1-21-10-12(15-6-5-14(23-2)8-16(15)21)9-19-18-20-13(11-25-18)4-7-17(22)24-3/h5-6,8,10-11H,4,7,9H2,1-3H3,(H,19,20). The van der Waals surface area contributed by atoms with Gasteiger partial charge in [0.15, 0.2) is 5.13 Å². The molecule has 1 aromatic carbocycles. The number of esters is 1. The third-order valence-electron chi connectivity index (χ3n) is 4.08. The fraction of sp³-hybridized carbons (Fsp3) is 0.333. The predicted octanol–water partition coefficient (Wildman–Crippen LogP) is 3.36. The molecule has 2 aromatic heterocycles. The smallest absolute Gasteiger partial charge is 0.305 e.